The van der Waals surface area contributed by atoms with Crippen molar-refractivity contribution >= 4 is 32.5 Å². The zero-order chi connectivity index (χ0) is 14.8. The van der Waals surface area contributed by atoms with Gasteiger partial charge in [-0.05, 0) is 43.1 Å². The van der Waals surface area contributed by atoms with Gasteiger partial charge in [0.1, 0.15) is 16.1 Å². The first-order valence-electron chi connectivity index (χ1n) is 6.87. The molecule has 2 aliphatic heterocycles. The van der Waals surface area contributed by atoms with Crippen LogP contribution in [0.4, 0.5) is 4.79 Å². The zero-order valence-corrected chi connectivity index (χ0v) is 13.7. The van der Waals surface area contributed by atoms with Gasteiger partial charge in [-0.3, -0.25) is 0 Å². The van der Waals surface area contributed by atoms with E-state index in [1.54, 1.807) is 0 Å². The van der Waals surface area contributed by atoms with E-state index in [1.165, 1.54) is 0 Å². The van der Waals surface area contributed by atoms with Crippen molar-refractivity contribution in [1.29, 1.82) is 0 Å². The van der Waals surface area contributed by atoms with Gasteiger partial charge in [0.05, 0.1) is 6.04 Å². The highest BCUT2D eigenvalue weighted by Crippen LogP contribution is 2.17. The largest absolute Gasteiger partial charge is 0.444 e. The second-order valence-electron chi connectivity index (χ2n) is 6.07. The van der Waals surface area contributed by atoms with Gasteiger partial charge in [0.25, 0.3) is 0 Å². The van der Waals surface area contributed by atoms with E-state index < -0.39 is 5.60 Å². The van der Waals surface area contributed by atoms with Crippen molar-refractivity contribution in [3.8, 4) is 0 Å². The van der Waals surface area contributed by atoms with E-state index in [2.05, 4.69) is 36.3 Å². The first kappa shape index (κ1) is 15.3. The number of hydrogen-bond acceptors (Lipinski definition) is 5. The van der Waals surface area contributed by atoms with E-state index in [9.17, 15) is 4.79 Å². The molecular weight excluding hydrogens is 324 g/mol. The molecule has 1 fully saturated rings. The maximum absolute atomic E-state index is 11.7. The molecule has 1 N–H and O–H groups in total. The standard InChI is InChI=1S/C13H21BrN4O2/c1-13(2,3)20-12(19)15-9-6-7-18(8-9)11-5-4-10(14)16-17-11/h9H,4-8H2,1-3H3,(H,15,19)/t9-/m0/s1. The molecule has 1 atom stereocenters. The molecule has 2 aliphatic rings. The number of halogens is 1. The van der Waals surface area contributed by atoms with Gasteiger partial charge in [-0.1, -0.05) is 0 Å². The lowest BCUT2D eigenvalue weighted by molar-refractivity contribution is 0.0507. The van der Waals surface area contributed by atoms with Crippen molar-refractivity contribution in [2.24, 2.45) is 10.2 Å². The zero-order valence-electron chi connectivity index (χ0n) is 12.1. The van der Waals surface area contributed by atoms with E-state index in [0.29, 0.717) is 0 Å². The minimum Gasteiger partial charge on any atom is -0.444 e. The van der Waals surface area contributed by atoms with Crippen molar-refractivity contribution in [2.75, 3.05) is 13.1 Å². The number of likely N-dealkylation sites (tertiary alicyclic amines) is 1. The summed E-state index contributed by atoms with van der Waals surface area (Å²) in [7, 11) is 0. The molecular formula is C13H21BrN4O2. The molecule has 0 aromatic heterocycles. The SMILES string of the molecule is CC(C)(C)OC(=O)N[C@H]1CCN(C2=NN=C(Br)CC2)C1. The van der Waals surface area contributed by atoms with E-state index in [1.807, 2.05) is 20.8 Å². The summed E-state index contributed by atoms with van der Waals surface area (Å²) < 4.78 is 6.16. The number of amides is 1. The first-order chi connectivity index (χ1) is 9.33. The summed E-state index contributed by atoms with van der Waals surface area (Å²) in [6.45, 7) is 7.25. The van der Waals surface area contributed by atoms with Crippen LogP contribution in [0.1, 0.15) is 40.0 Å². The van der Waals surface area contributed by atoms with Crippen molar-refractivity contribution in [1.82, 2.24) is 10.2 Å². The summed E-state index contributed by atoms with van der Waals surface area (Å²) in [4.78, 5) is 13.9. The summed E-state index contributed by atoms with van der Waals surface area (Å²) in [5.41, 5.74) is -0.461. The Morgan fingerprint density at radius 3 is 2.75 bits per heavy atom. The molecule has 2 heterocycles. The summed E-state index contributed by atoms with van der Waals surface area (Å²) in [5.74, 6) is 1.00. The Morgan fingerprint density at radius 2 is 2.15 bits per heavy atom. The fourth-order valence-corrected chi connectivity index (χ4v) is 2.51. The number of hydrogen-bond donors (Lipinski definition) is 1. The van der Waals surface area contributed by atoms with E-state index in [0.717, 1.165) is 42.8 Å². The Balaban J connectivity index is 1.82. The van der Waals surface area contributed by atoms with Gasteiger partial charge in [-0.15, -0.1) is 10.2 Å². The smallest absolute Gasteiger partial charge is 0.407 e. The quantitative estimate of drug-likeness (QED) is 0.794. The van der Waals surface area contributed by atoms with Gasteiger partial charge >= 0.3 is 6.09 Å². The molecule has 1 amide bonds. The summed E-state index contributed by atoms with van der Waals surface area (Å²) >= 11 is 3.35. The van der Waals surface area contributed by atoms with Crippen LogP contribution in [-0.4, -0.2) is 46.2 Å². The van der Waals surface area contributed by atoms with Crippen molar-refractivity contribution in [2.45, 2.75) is 51.7 Å². The van der Waals surface area contributed by atoms with Gasteiger partial charge < -0.3 is 15.0 Å². The molecule has 0 aromatic rings. The average molecular weight is 345 g/mol. The highest BCUT2D eigenvalue weighted by atomic mass is 79.9. The van der Waals surface area contributed by atoms with Crippen molar-refractivity contribution in [3.05, 3.63) is 0 Å². The average Bonchev–Trinajstić information content (AvgIpc) is 2.75. The van der Waals surface area contributed by atoms with E-state index in [-0.39, 0.29) is 12.1 Å². The third-order valence-corrected chi connectivity index (χ3v) is 3.66. The molecule has 1 saturated heterocycles. The van der Waals surface area contributed by atoms with Crippen LogP contribution in [-0.2, 0) is 4.74 Å². The Labute approximate surface area is 127 Å². The van der Waals surface area contributed by atoms with Crippen LogP contribution in [0.15, 0.2) is 10.2 Å². The predicted octanol–water partition coefficient (Wildman–Crippen LogP) is 2.49. The molecule has 0 spiro atoms. The number of amidine groups is 1. The highest BCUT2D eigenvalue weighted by Gasteiger charge is 2.28. The fourth-order valence-electron chi connectivity index (χ4n) is 2.24. The van der Waals surface area contributed by atoms with Crippen LogP contribution in [0.5, 0.6) is 0 Å². The molecule has 20 heavy (non-hydrogen) atoms. The molecule has 0 aliphatic carbocycles. The maximum Gasteiger partial charge on any atom is 0.407 e. The molecule has 0 saturated carbocycles. The number of ether oxygens (including phenoxy) is 1. The van der Waals surface area contributed by atoms with Crippen LogP contribution < -0.4 is 5.32 Å². The van der Waals surface area contributed by atoms with Gasteiger partial charge in [-0.2, -0.15) is 0 Å². The summed E-state index contributed by atoms with van der Waals surface area (Å²) in [5, 5.41) is 11.2. The monoisotopic (exact) mass is 344 g/mol. The third-order valence-electron chi connectivity index (χ3n) is 3.10. The fraction of sp³-hybridized carbons (Fsp3) is 0.769. The van der Waals surface area contributed by atoms with Gasteiger partial charge in [0.15, 0.2) is 0 Å². The van der Waals surface area contributed by atoms with Gasteiger partial charge in [-0.25, -0.2) is 4.79 Å². The maximum atomic E-state index is 11.7. The number of carbonyl (C=O) groups excluding carboxylic acids is 1. The number of rotatable bonds is 1. The lowest BCUT2D eigenvalue weighted by Gasteiger charge is -2.23. The third kappa shape index (κ3) is 4.47. The van der Waals surface area contributed by atoms with Crippen LogP contribution >= 0.6 is 15.9 Å². The minimum absolute atomic E-state index is 0.113. The second kappa shape index (κ2) is 6.11. The molecule has 2 rings (SSSR count). The molecule has 112 valence electrons. The molecule has 0 radical (unpaired) electrons. The second-order valence-corrected chi connectivity index (χ2v) is 6.99. The topological polar surface area (TPSA) is 66.3 Å². The van der Waals surface area contributed by atoms with Crippen LogP contribution in [0.3, 0.4) is 0 Å². The van der Waals surface area contributed by atoms with Crippen LogP contribution in [0, 0.1) is 0 Å². The molecule has 0 bridgehead atoms. The van der Waals surface area contributed by atoms with Crippen molar-refractivity contribution < 1.29 is 9.53 Å². The number of alkyl carbamates (subject to hydrolysis) is 1. The predicted molar refractivity (Wildman–Crippen MR) is 82.4 cm³/mol. The Morgan fingerprint density at radius 1 is 1.40 bits per heavy atom. The molecule has 6 nitrogen and oxygen atoms in total. The first-order valence-corrected chi connectivity index (χ1v) is 7.66. The highest BCUT2D eigenvalue weighted by molar-refractivity contribution is 9.18. The molecule has 0 aromatic carbocycles. The normalized spacial score (nSPS) is 23.2. The van der Waals surface area contributed by atoms with Gasteiger partial charge in [0.2, 0.25) is 0 Å². The number of carbonyl (C=O) groups is 1. The molecule has 0 unspecified atom stereocenters. The Hall–Kier alpha value is -1.11. The van der Waals surface area contributed by atoms with Crippen LogP contribution in [0.2, 0.25) is 0 Å². The Bertz CT molecular complexity index is 442. The number of nitrogens with one attached hydrogen (secondary N) is 1. The van der Waals surface area contributed by atoms with Crippen molar-refractivity contribution in [3.63, 3.8) is 0 Å². The lowest BCUT2D eigenvalue weighted by Crippen LogP contribution is -2.41. The number of nitrogens with zero attached hydrogens (tertiary/aromatic N) is 3. The van der Waals surface area contributed by atoms with E-state index >= 15 is 0 Å². The lowest BCUT2D eigenvalue weighted by atomic mass is 10.2. The van der Waals surface area contributed by atoms with Gasteiger partial charge in [0, 0.05) is 25.9 Å². The summed E-state index contributed by atoms with van der Waals surface area (Å²) in [6.07, 6.45) is 2.34. The minimum atomic E-state index is -0.461. The molecule has 7 heteroatoms. The van der Waals surface area contributed by atoms with Crippen LogP contribution in [0.25, 0.3) is 0 Å². The summed E-state index contributed by atoms with van der Waals surface area (Å²) in [6, 6.07) is 0.113. The van der Waals surface area contributed by atoms with E-state index in [4.69, 9.17) is 4.74 Å². The Kier molecular flexibility index (Phi) is 4.67.